The molecule has 3 heterocycles. The summed E-state index contributed by atoms with van der Waals surface area (Å²) in [6, 6.07) is 0. The first-order valence-corrected chi connectivity index (χ1v) is 6.31. The number of thiazole rings is 1. The number of aromatic nitrogens is 4. The summed E-state index contributed by atoms with van der Waals surface area (Å²) in [5, 5.41) is 18.4. The van der Waals surface area contributed by atoms with Gasteiger partial charge in [-0.2, -0.15) is 0 Å². The second-order valence-electron chi connectivity index (χ2n) is 4.08. The number of anilines is 1. The van der Waals surface area contributed by atoms with E-state index in [-0.39, 0.29) is 0 Å². The minimum Gasteiger partial charge on any atom is -0.388 e. The van der Waals surface area contributed by atoms with E-state index in [2.05, 4.69) is 24.6 Å². The monoisotopic (exact) mass is 251 g/mol. The van der Waals surface area contributed by atoms with Crippen LogP contribution in [-0.2, 0) is 13.1 Å². The van der Waals surface area contributed by atoms with Crippen molar-refractivity contribution in [2.45, 2.75) is 26.1 Å². The van der Waals surface area contributed by atoms with Gasteiger partial charge in [-0.15, -0.1) is 10.2 Å². The molecule has 0 radical (unpaired) electrons. The minimum absolute atomic E-state index is 0.449. The van der Waals surface area contributed by atoms with Gasteiger partial charge in [0.05, 0.1) is 17.5 Å². The fourth-order valence-electron chi connectivity index (χ4n) is 1.85. The predicted octanol–water partition coefficient (Wildman–Crippen LogP) is 0.808. The summed E-state index contributed by atoms with van der Waals surface area (Å²) >= 11 is 1.53. The zero-order valence-electron chi connectivity index (χ0n) is 9.44. The van der Waals surface area contributed by atoms with Crippen molar-refractivity contribution >= 4 is 16.5 Å². The van der Waals surface area contributed by atoms with E-state index in [0.717, 1.165) is 35.5 Å². The zero-order chi connectivity index (χ0) is 11.8. The van der Waals surface area contributed by atoms with Crippen molar-refractivity contribution < 1.29 is 5.11 Å². The van der Waals surface area contributed by atoms with Crippen molar-refractivity contribution in [3.63, 3.8) is 0 Å². The maximum atomic E-state index is 9.49. The Labute approximate surface area is 103 Å². The van der Waals surface area contributed by atoms with Crippen LogP contribution in [0.15, 0.2) is 12.5 Å². The van der Waals surface area contributed by atoms with E-state index in [1.54, 1.807) is 19.4 Å². The SMILES string of the molecule is CC(O)c1cnc(N2CCn3cnnc3C2)s1. The molecule has 2 aromatic rings. The first kappa shape index (κ1) is 10.7. The first-order valence-electron chi connectivity index (χ1n) is 5.49. The average Bonchev–Trinajstić information content (AvgIpc) is 2.97. The summed E-state index contributed by atoms with van der Waals surface area (Å²) in [5.74, 6) is 0.963. The number of aliphatic hydroxyl groups is 1. The predicted molar refractivity (Wildman–Crippen MR) is 63.8 cm³/mol. The Kier molecular flexibility index (Phi) is 2.56. The topological polar surface area (TPSA) is 67.1 Å². The van der Waals surface area contributed by atoms with Crippen LogP contribution in [0.2, 0.25) is 0 Å². The number of rotatable bonds is 2. The smallest absolute Gasteiger partial charge is 0.186 e. The summed E-state index contributed by atoms with van der Waals surface area (Å²) in [5.41, 5.74) is 0. The van der Waals surface area contributed by atoms with Gasteiger partial charge in [0.25, 0.3) is 0 Å². The third-order valence-electron chi connectivity index (χ3n) is 2.83. The quantitative estimate of drug-likeness (QED) is 0.855. The van der Waals surface area contributed by atoms with Gasteiger partial charge >= 0.3 is 0 Å². The number of nitrogens with zero attached hydrogens (tertiary/aromatic N) is 5. The highest BCUT2D eigenvalue weighted by Crippen LogP contribution is 2.28. The maximum Gasteiger partial charge on any atom is 0.186 e. The van der Waals surface area contributed by atoms with Gasteiger partial charge in [0, 0.05) is 19.3 Å². The third kappa shape index (κ3) is 1.91. The van der Waals surface area contributed by atoms with E-state index in [1.807, 2.05) is 0 Å². The lowest BCUT2D eigenvalue weighted by molar-refractivity contribution is 0.203. The molecule has 2 aromatic heterocycles. The lowest BCUT2D eigenvalue weighted by Gasteiger charge is -2.26. The third-order valence-corrected chi connectivity index (χ3v) is 4.06. The van der Waals surface area contributed by atoms with Crippen molar-refractivity contribution in [1.82, 2.24) is 19.7 Å². The molecular formula is C10H13N5OS. The number of aliphatic hydroxyl groups excluding tert-OH is 1. The molecule has 1 atom stereocenters. The van der Waals surface area contributed by atoms with Gasteiger partial charge in [0.15, 0.2) is 11.0 Å². The number of hydrogen-bond acceptors (Lipinski definition) is 6. The van der Waals surface area contributed by atoms with Crippen LogP contribution >= 0.6 is 11.3 Å². The van der Waals surface area contributed by atoms with E-state index in [4.69, 9.17) is 0 Å². The summed E-state index contributed by atoms with van der Waals surface area (Å²) in [7, 11) is 0. The molecule has 0 aliphatic carbocycles. The molecule has 7 heteroatoms. The molecule has 3 rings (SSSR count). The number of hydrogen-bond donors (Lipinski definition) is 1. The van der Waals surface area contributed by atoms with E-state index in [0.29, 0.717) is 0 Å². The van der Waals surface area contributed by atoms with Crippen LogP contribution in [0.4, 0.5) is 5.13 Å². The van der Waals surface area contributed by atoms with E-state index in [1.165, 1.54) is 11.3 Å². The Morgan fingerprint density at radius 2 is 2.35 bits per heavy atom. The standard InChI is InChI=1S/C10H13N5OS/c1-7(16)8-4-11-10(17-8)14-2-3-15-6-12-13-9(15)5-14/h4,6-7,16H,2-3,5H2,1H3. The largest absolute Gasteiger partial charge is 0.388 e. The molecule has 1 aliphatic rings. The van der Waals surface area contributed by atoms with E-state index in [9.17, 15) is 5.11 Å². The molecule has 1 aliphatic heterocycles. The molecular weight excluding hydrogens is 238 g/mol. The Bertz CT molecular complexity index is 520. The van der Waals surface area contributed by atoms with Crippen LogP contribution in [0.1, 0.15) is 23.7 Å². The molecule has 90 valence electrons. The Morgan fingerprint density at radius 1 is 1.47 bits per heavy atom. The van der Waals surface area contributed by atoms with Crippen molar-refractivity contribution in [2.24, 2.45) is 0 Å². The summed E-state index contributed by atoms with van der Waals surface area (Å²) in [4.78, 5) is 7.41. The molecule has 1 N–H and O–H groups in total. The molecule has 0 saturated heterocycles. The van der Waals surface area contributed by atoms with Crippen LogP contribution in [0.5, 0.6) is 0 Å². The highest BCUT2D eigenvalue weighted by atomic mass is 32.1. The van der Waals surface area contributed by atoms with Gasteiger partial charge in [-0.1, -0.05) is 11.3 Å². The van der Waals surface area contributed by atoms with Crippen LogP contribution in [0, 0.1) is 0 Å². The van der Waals surface area contributed by atoms with Crippen molar-refractivity contribution in [2.75, 3.05) is 11.4 Å². The van der Waals surface area contributed by atoms with Crippen LogP contribution in [0.25, 0.3) is 0 Å². The normalized spacial score (nSPS) is 16.9. The molecule has 1 unspecified atom stereocenters. The zero-order valence-corrected chi connectivity index (χ0v) is 10.3. The van der Waals surface area contributed by atoms with Crippen LogP contribution in [0.3, 0.4) is 0 Å². The molecule has 0 saturated carbocycles. The minimum atomic E-state index is -0.449. The summed E-state index contributed by atoms with van der Waals surface area (Å²) in [6.45, 7) is 4.26. The average molecular weight is 251 g/mol. The lowest BCUT2D eigenvalue weighted by atomic mass is 10.4. The highest BCUT2D eigenvalue weighted by molar-refractivity contribution is 7.15. The van der Waals surface area contributed by atoms with E-state index < -0.39 is 6.10 Å². The molecule has 0 fully saturated rings. The Balaban J connectivity index is 1.82. The van der Waals surface area contributed by atoms with Gasteiger partial charge in [0.1, 0.15) is 6.33 Å². The Hall–Kier alpha value is -1.47. The fourth-order valence-corrected chi connectivity index (χ4v) is 2.72. The molecule has 0 bridgehead atoms. The van der Waals surface area contributed by atoms with Crippen LogP contribution in [-0.4, -0.2) is 31.4 Å². The molecule has 6 nitrogen and oxygen atoms in total. The number of fused-ring (bicyclic) bond motifs is 1. The van der Waals surface area contributed by atoms with Gasteiger partial charge < -0.3 is 14.6 Å². The first-order chi connectivity index (χ1) is 8.24. The van der Waals surface area contributed by atoms with Gasteiger partial charge in [0.2, 0.25) is 0 Å². The van der Waals surface area contributed by atoms with Gasteiger partial charge in [-0.05, 0) is 6.92 Å². The van der Waals surface area contributed by atoms with E-state index >= 15 is 0 Å². The van der Waals surface area contributed by atoms with Crippen molar-refractivity contribution in [1.29, 1.82) is 0 Å². The summed E-state index contributed by atoms with van der Waals surface area (Å²) < 4.78 is 2.06. The highest BCUT2D eigenvalue weighted by Gasteiger charge is 2.20. The van der Waals surface area contributed by atoms with Crippen LogP contribution < -0.4 is 4.90 Å². The van der Waals surface area contributed by atoms with Gasteiger partial charge in [-0.25, -0.2) is 4.98 Å². The van der Waals surface area contributed by atoms with Crippen molar-refractivity contribution in [3.8, 4) is 0 Å². The molecule has 17 heavy (non-hydrogen) atoms. The maximum absolute atomic E-state index is 9.49. The fraction of sp³-hybridized carbons (Fsp3) is 0.500. The van der Waals surface area contributed by atoms with Crippen molar-refractivity contribution in [3.05, 3.63) is 23.2 Å². The lowest BCUT2D eigenvalue weighted by Crippen LogP contribution is -2.33. The second-order valence-corrected chi connectivity index (χ2v) is 5.12. The van der Waals surface area contributed by atoms with Gasteiger partial charge in [-0.3, -0.25) is 0 Å². The second kappa shape index (κ2) is 4.08. The molecule has 0 aromatic carbocycles. The Morgan fingerprint density at radius 3 is 3.12 bits per heavy atom. The summed E-state index contributed by atoms with van der Waals surface area (Å²) in [6.07, 6.45) is 3.05. The molecule has 0 spiro atoms. The molecule has 0 amide bonds.